The Balaban J connectivity index is 1.60. The third-order valence-corrected chi connectivity index (χ3v) is 7.04. The number of hydrogen-bond acceptors (Lipinski definition) is 7. The first-order chi connectivity index (χ1) is 17.6. The number of hydrogen-bond donors (Lipinski definition) is 2. The van der Waals surface area contributed by atoms with E-state index in [0.29, 0.717) is 6.42 Å². The predicted molar refractivity (Wildman–Crippen MR) is 132 cm³/mol. The Morgan fingerprint density at radius 1 is 1.08 bits per heavy atom. The highest BCUT2D eigenvalue weighted by molar-refractivity contribution is 6.37. The first-order valence-electron chi connectivity index (χ1n) is 11.9. The number of ketones is 2. The van der Waals surface area contributed by atoms with Crippen molar-refractivity contribution in [3.05, 3.63) is 105 Å². The van der Waals surface area contributed by atoms with Crippen LogP contribution in [0.3, 0.4) is 0 Å². The highest BCUT2D eigenvalue weighted by atomic mass is 16.6. The maximum atomic E-state index is 13.9. The number of carbonyl (C=O) groups excluding carboxylic acids is 3. The SMILES string of the molecule is CC(C)c1ccc2c(c1)OC1(O)c3c(cccc3[N+](=O)[O-])C(=O)C21NC(=O)C(=O)CCc1ccccc1. The fraction of sp³-hybridized carbons (Fsp3) is 0.250. The molecule has 1 heterocycles. The summed E-state index contributed by atoms with van der Waals surface area (Å²) in [4.78, 5) is 51.1. The number of nitrogens with one attached hydrogen (secondary N) is 1. The number of fused-ring (bicyclic) bond motifs is 5. The topological polar surface area (TPSA) is 136 Å². The lowest BCUT2D eigenvalue weighted by molar-refractivity contribution is -0.388. The molecule has 2 aliphatic rings. The van der Waals surface area contributed by atoms with Gasteiger partial charge in [-0.15, -0.1) is 0 Å². The quantitative estimate of drug-likeness (QED) is 0.287. The molecule has 188 valence electrons. The van der Waals surface area contributed by atoms with E-state index in [1.165, 1.54) is 12.1 Å². The van der Waals surface area contributed by atoms with Crippen molar-refractivity contribution in [2.24, 2.45) is 0 Å². The summed E-state index contributed by atoms with van der Waals surface area (Å²) in [6, 6.07) is 17.8. The van der Waals surface area contributed by atoms with Gasteiger partial charge in [-0.1, -0.05) is 68.4 Å². The van der Waals surface area contributed by atoms with Crippen molar-refractivity contribution >= 4 is 23.2 Å². The Morgan fingerprint density at radius 2 is 1.81 bits per heavy atom. The Hall–Kier alpha value is -4.37. The lowest BCUT2D eigenvalue weighted by atomic mass is 9.82. The zero-order chi connectivity index (χ0) is 26.5. The molecular formula is C28H24N2O7. The van der Waals surface area contributed by atoms with Crippen molar-refractivity contribution < 1.29 is 29.2 Å². The second kappa shape index (κ2) is 8.63. The molecule has 2 N–H and O–H groups in total. The van der Waals surface area contributed by atoms with Crippen LogP contribution in [0.4, 0.5) is 5.69 Å². The number of amides is 1. The van der Waals surface area contributed by atoms with Gasteiger partial charge in [-0.3, -0.25) is 24.5 Å². The molecule has 0 fully saturated rings. The van der Waals surface area contributed by atoms with E-state index >= 15 is 0 Å². The van der Waals surface area contributed by atoms with Crippen LogP contribution in [0.2, 0.25) is 0 Å². The molecule has 3 aromatic carbocycles. The highest BCUT2D eigenvalue weighted by Gasteiger charge is 2.73. The van der Waals surface area contributed by atoms with Gasteiger partial charge in [0.1, 0.15) is 11.3 Å². The fourth-order valence-electron chi connectivity index (χ4n) is 5.13. The van der Waals surface area contributed by atoms with E-state index in [1.54, 1.807) is 18.2 Å². The van der Waals surface area contributed by atoms with Crippen molar-refractivity contribution in [1.29, 1.82) is 0 Å². The number of ether oxygens (including phenoxy) is 1. The number of aryl methyl sites for hydroxylation is 1. The van der Waals surface area contributed by atoms with E-state index in [2.05, 4.69) is 5.32 Å². The monoisotopic (exact) mass is 500 g/mol. The largest absolute Gasteiger partial charge is 0.454 e. The second-order valence-corrected chi connectivity index (χ2v) is 9.56. The van der Waals surface area contributed by atoms with E-state index in [9.17, 15) is 29.6 Å². The summed E-state index contributed by atoms with van der Waals surface area (Å²) in [5.74, 6) is -5.15. The normalized spacial score (nSPS) is 21.1. The van der Waals surface area contributed by atoms with Crippen molar-refractivity contribution in [2.45, 2.75) is 43.9 Å². The summed E-state index contributed by atoms with van der Waals surface area (Å²) < 4.78 is 5.91. The van der Waals surface area contributed by atoms with Crippen LogP contribution in [-0.2, 0) is 27.3 Å². The summed E-state index contributed by atoms with van der Waals surface area (Å²) in [5.41, 5.74) is -1.51. The third kappa shape index (κ3) is 3.54. The molecule has 9 nitrogen and oxygen atoms in total. The zero-order valence-electron chi connectivity index (χ0n) is 20.2. The van der Waals surface area contributed by atoms with Gasteiger partial charge in [0.25, 0.3) is 17.4 Å². The van der Waals surface area contributed by atoms with Crippen LogP contribution >= 0.6 is 0 Å². The van der Waals surface area contributed by atoms with E-state index in [0.717, 1.165) is 17.2 Å². The lowest BCUT2D eigenvalue weighted by Crippen LogP contribution is -2.61. The highest BCUT2D eigenvalue weighted by Crippen LogP contribution is 2.60. The van der Waals surface area contributed by atoms with Crippen molar-refractivity contribution in [3.8, 4) is 5.75 Å². The molecule has 0 radical (unpaired) electrons. The minimum Gasteiger partial charge on any atom is -0.454 e. The van der Waals surface area contributed by atoms with E-state index in [1.807, 2.05) is 44.2 Å². The van der Waals surface area contributed by atoms with Gasteiger partial charge in [0.15, 0.2) is 0 Å². The standard InChI is InChI=1S/C28H24N2O7/c1-16(2)18-12-13-20-23(15-18)37-28(34)24-19(9-6-10-21(24)30(35)36)25(32)27(20,28)29-26(33)22(31)14-11-17-7-4-3-5-8-17/h3-10,12-13,15-16,34H,11,14H2,1-2H3,(H,29,33). The van der Waals surface area contributed by atoms with Gasteiger partial charge in [-0.2, -0.15) is 0 Å². The van der Waals surface area contributed by atoms with Crippen molar-refractivity contribution in [1.82, 2.24) is 5.32 Å². The average Bonchev–Trinajstić information content (AvgIpc) is 3.24. The molecule has 1 aliphatic carbocycles. The fourth-order valence-corrected chi connectivity index (χ4v) is 5.13. The van der Waals surface area contributed by atoms with Gasteiger partial charge in [0.2, 0.25) is 17.1 Å². The molecule has 1 amide bonds. The lowest BCUT2D eigenvalue weighted by Gasteiger charge is -2.33. The van der Waals surface area contributed by atoms with Crippen LogP contribution in [-0.4, -0.2) is 27.5 Å². The Bertz CT molecular complexity index is 1470. The van der Waals surface area contributed by atoms with Crippen LogP contribution in [0, 0.1) is 10.1 Å². The maximum Gasteiger partial charge on any atom is 0.288 e. The van der Waals surface area contributed by atoms with Gasteiger partial charge >= 0.3 is 0 Å². The number of aliphatic hydroxyl groups is 1. The molecule has 9 heteroatoms. The predicted octanol–water partition coefficient (Wildman–Crippen LogP) is 3.67. The van der Waals surface area contributed by atoms with Gasteiger partial charge < -0.3 is 15.2 Å². The number of nitro groups is 1. The number of rotatable bonds is 7. The number of benzene rings is 3. The Morgan fingerprint density at radius 3 is 2.49 bits per heavy atom. The number of Topliss-reactive ketones (excluding diaryl/α,β-unsaturated/α-hetero) is 2. The Labute approximate surface area is 212 Å². The molecule has 0 saturated carbocycles. The van der Waals surface area contributed by atoms with Crippen LogP contribution in [0.25, 0.3) is 0 Å². The number of carbonyl (C=O) groups is 3. The van der Waals surface area contributed by atoms with Crippen LogP contribution in [0.1, 0.15) is 58.8 Å². The molecule has 3 aromatic rings. The van der Waals surface area contributed by atoms with Gasteiger partial charge in [0.05, 0.1) is 4.92 Å². The van der Waals surface area contributed by atoms with Gasteiger partial charge in [-0.25, -0.2) is 0 Å². The maximum absolute atomic E-state index is 13.9. The van der Waals surface area contributed by atoms with E-state index in [4.69, 9.17) is 4.74 Å². The zero-order valence-corrected chi connectivity index (χ0v) is 20.2. The van der Waals surface area contributed by atoms with Crippen molar-refractivity contribution in [3.63, 3.8) is 0 Å². The first-order valence-corrected chi connectivity index (χ1v) is 11.9. The first kappa shape index (κ1) is 24.3. The smallest absolute Gasteiger partial charge is 0.288 e. The van der Waals surface area contributed by atoms with Crippen LogP contribution in [0.5, 0.6) is 5.75 Å². The van der Waals surface area contributed by atoms with Crippen LogP contribution in [0.15, 0.2) is 66.7 Å². The molecule has 2 atom stereocenters. The number of nitrogens with zero attached hydrogens (tertiary/aromatic N) is 1. The minimum atomic E-state index is -2.63. The van der Waals surface area contributed by atoms with E-state index in [-0.39, 0.29) is 34.8 Å². The summed E-state index contributed by atoms with van der Waals surface area (Å²) >= 11 is 0. The molecule has 0 saturated heterocycles. The summed E-state index contributed by atoms with van der Waals surface area (Å²) in [5, 5.41) is 26.3. The molecule has 0 aromatic heterocycles. The summed E-state index contributed by atoms with van der Waals surface area (Å²) in [7, 11) is 0. The Kier molecular flexibility index (Phi) is 5.68. The van der Waals surface area contributed by atoms with Gasteiger partial charge in [0, 0.05) is 23.6 Å². The van der Waals surface area contributed by atoms with Crippen molar-refractivity contribution in [2.75, 3.05) is 0 Å². The van der Waals surface area contributed by atoms with Crippen LogP contribution < -0.4 is 10.1 Å². The molecule has 1 aliphatic heterocycles. The molecule has 5 rings (SSSR count). The molecular weight excluding hydrogens is 476 g/mol. The van der Waals surface area contributed by atoms with Gasteiger partial charge in [-0.05, 0) is 29.5 Å². The van der Waals surface area contributed by atoms with E-state index < -0.39 is 39.4 Å². The number of nitro benzene ring substituents is 1. The summed E-state index contributed by atoms with van der Waals surface area (Å²) in [6.07, 6.45) is 0.167. The molecule has 2 unspecified atom stereocenters. The molecule has 0 spiro atoms. The average molecular weight is 501 g/mol. The molecule has 0 bridgehead atoms. The second-order valence-electron chi connectivity index (χ2n) is 9.56. The summed E-state index contributed by atoms with van der Waals surface area (Å²) in [6.45, 7) is 3.89. The molecule has 37 heavy (non-hydrogen) atoms. The third-order valence-electron chi connectivity index (χ3n) is 7.04. The minimum absolute atomic E-state index is 0.0754.